The van der Waals surface area contributed by atoms with Gasteiger partial charge in [0.25, 0.3) is 0 Å². The highest BCUT2D eigenvalue weighted by Crippen LogP contribution is 2.21. The molecule has 4 heteroatoms. The molecule has 0 aliphatic rings. The van der Waals surface area contributed by atoms with E-state index >= 15 is 0 Å². The van der Waals surface area contributed by atoms with E-state index in [1.54, 1.807) is 25.1 Å². The van der Waals surface area contributed by atoms with Crippen LogP contribution in [0.1, 0.15) is 16.7 Å². The van der Waals surface area contributed by atoms with Gasteiger partial charge in [-0.1, -0.05) is 28.1 Å². The van der Waals surface area contributed by atoms with E-state index in [0.29, 0.717) is 17.7 Å². The minimum atomic E-state index is -0.205. The van der Waals surface area contributed by atoms with Crippen molar-refractivity contribution in [2.75, 3.05) is 5.32 Å². The van der Waals surface area contributed by atoms with Gasteiger partial charge in [0.1, 0.15) is 11.9 Å². The average molecular weight is 319 g/mol. The van der Waals surface area contributed by atoms with Crippen LogP contribution >= 0.6 is 15.9 Å². The molecule has 0 aliphatic heterocycles. The first-order valence-corrected chi connectivity index (χ1v) is 6.58. The van der Waals surface area contributed by atoms with Crippen molar-refractivity contribution in [3.63, 3.8) is 0 Å². The predicted molar refractivity (Wildman–Crippen MR) is 77.3 cm³/mol. The van der Waals surface area contributed by atoms with Crippen LogP contribution in [-0.2, 0) is 6.54 Å². The van der Waals surface area contributed by atoms with Crippen LogP contribution in [0, 0.1) is 24.1 Å². The molecule has 19 heavy (non-hydrogen) atoms. The summed E-state index contributed by atoms with van der Waals surface area (Å²) in [7, 11) is 0. The number of nitriles is 1. The third kappa shape index (κ3) is 3.33. The van der Waals surface area contributed by atoms with E-state index in [0.717, 1.165) is 15.7 Å². The smallest absolute Gasteiger partial charge is 0.126 e. The van der Waals surface area contributed by atoms with Crippen molar-refractivity contribution >= 4 is 21.6 Å². The van der Waals surface area contributed by atoms with Crippen LogP contribution in [0.2, 0.25) is 0 Å². The monoisotopic (exact) mass is 318 g/mol. The molecule has 2 aromatic carbocycles. The van der Waals surface area contributed by atoms with Crippen LogP contribution in [0.25, 0.3) is 0 Å². The molecule has 0 amide bonds. The first-order chi connectivity index (χ1) is 9.10. The maximum absolute atomic E-state index is 13.2. The Morgan fingerprint density at radius 2 is 2.05 bits per heavy atom. The van der Waals surface area contributed by atoms with E-state index in [9.17, 15) is 4.39 Å². The normalized spacial score (nSPS) is 10.0. The lowest BCUT2D eigenvalue weighted by Crippen LogP contribution is -2.02. The van der Waals surface area contributed by atoms with Crippen LogP contribution in [0.5, 0.6) is 0 Å². The maximum atomic E-state index is 13.2. The Labute approximate surface area is 120 Å². The fraction of sp³-hybridized carbons (Fsp3) is 0.133. The second-order valence-electron chi connectivity index (χ2n) is 4.24. The van der Waals surface area contributed by atoms with Crippen molar-refractivity contribution in [1.29, 1.82) is 5.26 Å². The van der Waals surface area contributed by atoms with E-state index in [4.69, 9.17) is 5.26 Å². The summed E-state index contributed by atoms with van der Waals surface area (Å²) in [6.45, 7) is 2.28. The van der Waals surface area contributed by atoms with Crippen LogP contribution in [0.15, 0.2) is 40.9 Å². The van der Waals surface area contributed by atoms with Gasteiger partial charge in [-0.15, -0.1) is 0 Å². The number of benzene rings is 2. The number of hydrogen-bond donors (Lipinski definition) is 1. The van der Waals surface area contributed by atoms with Gasteiger partial charge in [0, 0.05) is 11.0 Å². The molecule has 0 saturated carbocycles. The number of anilines is 1. The van der Waals surface area contributed by atoms with Gasteiger partial charge in [-0.2, -0.15) is 5.26 Å². The van der Waals surface area contributed by atoms with Crippen molar-refractivity contribution in [3.05, 3.63) is 63.4 Å². The Kier molecular flexibility index (Phi) is 4.18. The van der Waals surface area contributed by atoms with Crippen molar-refractivity contribution in [2.45, 2.75) is 13.5 Å². The molecule has 0 radical (unpaired) electrons. The fourth-order valence-corrected chi connectivity index (χ4v) is 2.14. The van der Waals surface area contributed by atoms with Crippen molar-refractivity contribution in [1.82, 2.24) is 0 Å². The molecule has 0 spiro atoms. The summed E-state index contributed by atoms with van der Waals surface area (Å²) < 4.78 is 14.1. The van der Waals surface area contributed by atoms with Gasteiger partial charge in [-0.3, -0.25) is 0 Å². The maximum Gasteiger partial charge on any atom is 0.126 e. The van der Waals surface area contributed by atoms with Crippen molar-refractivity contribution < 1.29 is 4.39 Å². The van der Waals surface area contributed by atoms with E-state index in [2.05, 4.69) is 27.3 Å². The zero-order valence-corrected chi connectivity index (χ0v) is 12.0. The highest BCUT2D eigenvalue weighted by Gasteiger charge is 2.03. The Hall–Kier alpha value is -1.86. The molecular formula is C15H12BrFN2. The standard InChI is InChI=1S/C15H12BrFN2/c1-10-6-11(2-5-14(10)17)9-19-15-7-13(16)4-3-12(15)8-18/h2-7,19H,9H2,1H3. The van der Waals surface area contributed by atoms with Gasteiger partial charge in [0.2, 0.25) is 0 Å². The minimum absolute atomic E-state index is 0.205. The molecule has 0 unspecified atom stereocenters. The highest BCUT2D eigenvalue weighted by molar-refractivity contribution is 9.10. The fourth-order valence-electron chi connectivity index (χ4n) is 1.77. The van der Waals surface area contributed by atoms with E-state index < -0.39 is 0 Å². The second-order valence-corrected chi connectivity index (χ2v) is 5.15. The minimum Gasteiger partial charge on any atom is -0.380 e. The van der Waals surface area contributed by atoms with Crippen molar-refractivity contribution in [3.8, 4) is 6.07 Å². The number of nitrogens with one attached hydrogen (secondary N) is 1. The van der Waals surface area contributed by atoms with Crippen LogP contribution in [0.4, 0.5) is 10.1 Å². The summed E-state index contributed by atoms with van der Waals surface area (Å²) in [5.41, 5.74) is 2.94. The third-order valence-corrected chi connectivity index (χ3v) is 3.30. The summed E-state index contributed by atoms with van der Waals surface area (Å²) >= 11 is 3.37. The van der Waals surface area contributed by atoms with Crippen molar-refractivity contribution in [2.24, 2.45) is 0 Å². The van der Waals surface area contributed by atoms with E-state index in [1.165, 1.54) is 6.07 Å². The molecule has 0 atom stereocenters. The van der Waals surface area contributed by atoms with E-state index in [1.807, 2.05) is 12.1 Å². The van der Waals surface area contributed by atoms with Gasteiger partial charge in [0.15, 0.2) is 0 Å². The van der Waals surface area contributed by atoms with Gasteiger partial charge in [-0.05, 0) is 42.3 Å². The molecule has 1 N–H and O–H groups in total. The number of aryl methyl sites for hydroxylation is 1. The summed E-state index contributed by atoms with van der Waals surface area (Å²) in [6.07, 6.45) is 0. The summed E-state index contributed by atoms with van der Waals surface area (Å²) in [4.78, 5) is 0. The number of rotatable bonds is 3. The Morgan fingerprint density at radius 3 is 2.74 bits per heavy atom. The summed E-state index contributed by atoms with van der Waals surface area (Å²) in [5, 5.41) is 12.2. The summed E-state index contributed by atoms with van der Waals surface area (Å²) in [5.74, 6) is -0.205. The highest BCUT2D eigenvalue weighted by atomic mass is 79.9. The molecule has 0 aromatic heterocycles. The average Bonchev–Trinajstić information content (AvgIpc) is 2.40. The molecule has 0 heterocycles. The molecule has 0 bridgehead atoms. The van der Waals surface area contributed by atoms with Gasteiger partial charge in [-0.25, -0.2) is 4.39 Å². The first-order valence-electron chi connectivity index (χ1n) is 5.78. The molecule has 0 fully saturated rings. The third-order valence-electron chi connectivity index (χ3n) is 2.81. The zero-order valence-electron chi connectivity index (χ0n) is 10.4. The predicted octanol–water partition coefficient (Wildman–Crippen LogP) is 4.38. The van der Waals surface area contributed by atoms with Crippen LogP contribution in [0.3, 0.4) is 0 Å². The lowest BCUT2D eigenvalue weighted by atomic mass is 10.1. The lowest BCUT2D eigenvalue weighted by Gasteiger charge is -2.09. The molecular weight excluding hydrogens is 307 g/mol. The number of halogens is 2. The molecule has 96 valence electrons. The molecule has 2 nitrogen and oxygen atoms in total. The lowest BCUT2D eigenvalue weighted by molar-refractivity contribution is 0.617. The Balaban J connectivity index is 2.16. The molecule has 0 saturated heterocycles. The van der Waals surface area contributed by atoms with Gasteiger partial charge < -0.3 is 5.32 Å². The topological polar surface area (TPSA) is 35.8 Å². The largest absolute Gasteiger partial charge is 0.380 e. The summed E-state index contributed by atoms with van der Waals surface area (Å²) in [6, 6.07) is 12.6. The molecule has 2 rings (SSSR count). The van der Waals surface area contributed by atoms with Crippen LogP contribution < -0.4 is 5.32 Å². The SMILES string of the molecule is Cc1cc(CNc2cc(Br)ccc2C#N)ccc1F. The quantitative estimate of drug-likeness (QED) is 0.911. The van der Waals surface area contributed by atoms with Gasteiger partial charge >= 0.3 is 0 Å². The van der Waals surface area contributed by atoms with Gasteiger partial charge in [0.05, 0.1) is 11.3 Å². The zero-order chi connectivity index (χ0) is 13.8. The van der Waals surface area contributed by atoms with Crippen LogP contribution in [-0.4, -0.2) is 0 Å². The second kappa shape index (κ2) is 5.85. The molecule has 2 aromatic rings. The Morgan fingerprint density at radius 1 is 1.26 bits per heavy atom. The first kappa shape index (κ1) is 13.6. The number of hydrogen-bond acceptors (Lipinski definition) is 2. The number of nitrogens with zero attached hydrogens (tertiary/aromatic N) is 1. The molecule has 0 aliphatic carbocycles. The van der Waals surface area contributed by atoms with E-state index in [-0.39, 0.29) is 5.82 Å². The Bertz CT molecular complexity index is 647.